The molecule has 4 atom stereocenters. The van der Waals surface area contributed by atoms with Gasteiger partial charge in [0.05, 0.1) is 43.4 Å². The molecule has 2 aromatic rings. The normalized spacial score (nSPS) is 32.5. The average molecular weight is 407 g/mol. The Morgan fingerprint density at radius 3 is 2.00 bits per heavy atom. The van der Waals surface area contributed by atoms with Crippen LogP contribution < -0.4 is 0 Å². The topological polar surface area (TPSA) is 55.8 Å². The van der Waals surface area contributed by atoms with Crippen molar-refractivity contribution in [1.29, 1.82) is 0 Å². The number of fused-ring (bicyclic) bond motifs is 1. The van der Waals surface area contributed by atoms with Gasteiger partial charge in [-0.05, 0) is 24.5 Å². The van der Waals surface area contributed by atoms with Crippen molar-refractivity contribution in [3.05, 3.63) is 83.9 Å². The molecule has 2 aromatic carbocycles. The van der Waals surface area contributed by atoms with Gasteiger partial charge in [0.15, 0.2) is 5.78 Å². The third-order valence-corrected chi connectivity index (χ3v) is 7.28. The van der Waals surface area contributed by atoms with Crippen molar-refractivity contribution >= 4 is 5.78 Å². The van der Waals surface area contributed by atoms with Gasteiger partial charge in [-0.25, -0.2) is 0 Å². The molecule has 0 saturated heterocycles. The van der Waals surface area contributed by atoms with Crippen LogP contribution in [0.5, 0.6) is 0 Å². The van der Waals surface area contributed by atoms with E-state index in [9.17, 15) is 9.90 Å². The van der Waals surface area contributed by atoms with Gasteiger partial charge in [0.1, 0.15) is 0 Å². The summed E-state index contributed by atoms with van der Waals surface area (Å²) in [7, 11) is 0. The van der Waals surface area contributed by atoms with Gasteiger partial charge in [-0.1, -0.05) is 79.7 Å². The molecular weight excluding hydrogens is 376 g/mol. The molecule has 0 unspecified atom stereocenters. The van der Waals surface area contributed by atoms with E-state index in [2.05, 4.69) is 0 Å². The minimum absolute atomic E-state index is 0.0395. The third kappa shape index (κ3) is 3.33. The van der Waals surface area contributed by atoms with E-state index in [0.717, 1.165) is 11.1 Å². The Morgan fingerprint density at radius 1 is 0.900 bits per heavy atom. The van der Waals surface area contributed by atoms with E-state index in [1.807, 2.05) is 86.7 Å². The number of rotatable bonds is 8. The molecule has 2 aliphatic carbocycles. The Hall–Kier alpha value is -2.27. The molecular formula is C26H30O4. The summed E-state index contributed by atoms with van der Waals surface area (Å²) in [6.07, 6.45) is 4.24. The first-order valence-electron chi connectivity index (χ1n) is 10.6. The van der Waals surface area contributed by atoms with E-state index in [1.165, 1.54) is 0 Å². The second-order valence-electron chi connectivity index (χ2n) is 9.02. The number of benzene rings is 2. The number of aliphatic hydroxyl groups is 1. The molecule has 4 rings (SSSR count). The van der Waals surface area contributed by atoms with Crippen LogP contribution in [0.4, 0.5) is 0 Å². The Labute approximate surface area is 178 Å². The van der Waals surface area contributed by atoms with Crippen molar-refractivity contribution in [2.75, 3.05) is 13.2 Å². The van der Waals surface area contributed by atoms with Crippen molar-refractivity contribution in [3.63, 3.8) is 0 Å². The van der Waals surface area contributed by atoms with Gasteiger partial charge in [-0.3, -0.25) is 4.79 Å². The second-order valence-corrected chi connectivity index (χ2v) is 9.02. The van der Waals surface area contributed by atoms with Gasteiger partial charge < -0.3 is 14.6 Å². The SMILES string of the molecule is C[C@]1(COCc2ccccc2)[C@@]2(O)CC=C[C@H]2C(=O)[C@@]1(C)COCc1ccccc1. The summed E-state index contributed by atoms with van der Waals surface area (Å²) < 4.78 is 12.1. The molecule has 1 fully saturated rings. The van der Waals surface area contributed by atoms with Crippen LogP contribution in [-0.2, 0) is 27.5 Å². The van der Waals surface area contributed by atoms with Gasteiger partial charge in [0.25, 0.3) is 0 Å². The molecule has 0 aliphatic heterocycles. The minimum atomic E-state index is -1.15. The predicted octanol–water partition coefficient (Wildman–Crippen LogP) is 4.32. The van der Waals surface area contributed by atoms with Crippen molar-refractivity contribution in [2.45, 2.75) is 39.1 Å². The quantitative estimate of drug-likeness (QED) is 0.663. The van der Waals surface area contributed by atoms with E-state index >= 15 is 0 Å². The zero-order chi connectivity index (χ0) is 21.2. The lowest BCUT2D eigenvalue weighted by atomic mass is 9.62. The van der Waals surface area contributed by atoms with E-state index in [-0.39, 0.29) is 19.0 Å². The largest absolute Gasteiger partial charge is 0.388 e. The zero-order valence-corrected chi connectivity index (χ0v) is 17.7. The summed E-state index contributed by atoms with van der Waals surface area (Å²) in [5, 5.41) is 11.7. The van der Waals surface area contributed by atoms with Crippen molar-refractivity contribution in [2.24, 2.45) is 16.7 Å². The number of carbonyl (C=O) groups is 1. The maximum Gasteiger partial charge on any atom is 0.151 e. The van der Waals surface area contributed by atoms with Crippen molar-refractivity contribution in [1.82, 2.24) is 0 Å². The number of Topliss-reactive ketones (excluding diaryl/α,β-unsaturated/α-hetero) is 1. The first-order chi connectivity index (χ1) is 14.4. The second kappa shape index (κ2) is 8.10. The lowest BCUT2D eigenvalue weighted by Crippen LogP contribution is -2.54. The van der Waals surface area contributed by atoms with Gasteiger partial charge in [-0.2, -0.15) is 0 Å². The van der Waals surface area contributed by atoms with E-state index in [1.54, 1.807) is 0 Å². The molecule has 0 amide bonds. The van der Waals surface area contributed by atoms with Crippen molar-refractivity contribution in [3.8, 4) is 0 Å². The lowest BCUT2D eigenvalue weighted by Gasteiger charge is -2.46. The molecule has 1 N–H and O–H groups in total. The maximum atomic E-state index is 13.5. The summed E-state index contributed by atoms with van der Waals surface area (Å²) in [5.74, 6) is -0.467. The zero-order valence-electron chi connectivity index (χ0n) is 17.7. The molecule has 1 saturated carbocycles. The number of hydrogen-bond donors (Lipinski definition) is 1. The van der Waals surface area contributed by atoms with Crippen molar-refractivity contribution < 1.29 is 19.4 Å². The number of carbonyl (C=O) groups excluding carboxylic acids is 1. The predicted molar refractivity (Wildman–Crippen MR) is 116 cm³/mol. The van der Waals surface area contributed by atoms with Gasteiger partial charge >= 0.3 is 0 Å². The average Bonchev–Trinajstić information content (AvgIpc) is 3.21. The van der Waals surface area contributed by atoms with Crippen LogP contribution in [0.25, 0.3) is 0 Å². The molecule has 158 valence electrons. The standard InChI is InChI=1S/C26H30O4/c1-24(18-29-16-20-10-5-3-6-11-20)23(27)22-14-9-15-26(22,28)25(24,2)19-30-17-21-12-7-4-8-13-21/h3-14,22,28H,15-19H2,1-2H3/t22-,24+,25+,26+/m0/s1. The lowest BCUT2D eigenvalue weighted by molar-refractivity contribution is -0.160. The van der Waals surface area contributed by atoms with Crippen LogP contribution in [0, 0.1) is 16.7 Å². The molecule has 4 heteroatoms. The number of ketones is 1. The van der Waals surface area contributed by atoms with Crippen LogP contribution in [0.2, 0.25) is 0 Å². The van der Waals surface area contributed by atoms with Crippen LogP contribution in [0.1, 0.15) is 31.4 Å². The first kappa shape index (κ1) is 21.0. The van der Waals surface area contributed by atoms with Gasteiger partial charge in [0.2, 0.25) is 0 Å². The highest BCUT2D eigenvalue weighted by Crippen LogP contribution is 2.62. The molecule has 0 bridgehead atoms. The first-order valence-corrected chi connectivity index (χ1v) is 10.6. The fourth-order valence-corrected chi connectivity index (χ4v) is 5.04. The summed E-state index contributed by atoms with van der Waals surface area (Å²) in [6.45, 7) is 5.32. The Morgan fingerprint density at radius 2 is 1.43 bits per heavy atom. The Kier molecular flexibility index (Phi) is 5.67. The monoisotopic (exact) mass is 406 g/mol. The fourth-order valence-electron chi connectivity index (χ4n) is 5.04. The van der Waals surface area contributed by atoms with Gasteiger partial charge in [0, 0.05) is 5.41 Å². The van der Waals surface area contributed by atoms with Crippen LogP contribution in [-0.4, -0.2) is 29.7 Å². The van der Waals surface area contributed by atoms with Crippen LogP contribution in [0.15, 0.2) is 72.8 Å². The van der Waals surface area contributed by atoms with E-state index in [4.69, 9.17) is 9.47 Å². The highest BCUT2D eigenvalue weighted by atomic mass is 16.5. The highest BCUT2D eigenvalue weighted by Gasteiger charge is 2.72. The van der Waals surface area contributed by atoms with Crippen LogP contribution in [0.3, 0.4) is 0 Å². The molecule has 0 radical (unpaired) electrons. The highest BCUT2D eigenvalue weighted by molar-refractivity contribution is 5.94. The molecule has 0 aromatic heterocycles. The molecule has 30 heavy (non-hydrogen) atoms. The number of hydrogen-bond acceptors (Lipinski definition) is 4. The Bertz CT molecular complexity index is 909. The summed E-state index contributed by atoms with van der Waals surface area (Å²) >= 11 is 0. The van der Waals surface area contributed by atoms with E-state index in [0.29, 0.717) is 19.6 Å². The van der Waals surface area contributed by atoms with Gasteiger partial charge in [-0.15, -0.1) is 0 Å². The summed E-state index contributed by atoms with van der Waals surface area (Å²) in [5.41, 5.74) is -0.627. The molecule has 0 heterocycles. The summed E-state index contributed by atoms with van der Waals surface area (Å²) in [6, 6.07) is 19.9. The Balaban J connectivity index is 1.53. The molecule has 0 spiro atoms. The summed E-state index contributed by atoms with van der Waals surface area (Å²) in [4.78, 5) is 13.5. The molecule has 2 aliphatic rings. The minimum Gasteiger partial charge on any atom is -0.388 e. The smallest absolute Gasteiger partial charge is 0.151 e. The van der Waals surface area contributed by atoms with E-state index < -0.39 is 22.3 Å². The fraction of sp³-hybridized carbons (Fsp3) is 0.423. The number of ether oxygens (including phenoxy) is 2. The maximum absolute atomic E-state index is 13.5. The molecule has 4 nitrogen and oxygen atoms in total. The third-order valence-electron chi connectivity index (χ3n) is 7.28. The van der Waals surface area contributed by atoms with Crippen LogP contribution >= 0.6 is 0 Å².